The van der Waals surface area contributed by atoms with Crippen LogP contribution in [0, 0.1) is 5.92 Å². The summed E-state index contributed by atoms with van der Waals surface area (Å²) in [7, 11) is 3.75. The summed E-state index contributed by atoms with van der Waals surface area (Å²) in [5.74, 6) is 1.35. The van der Waals surface area contributed by atoms with E-state index >= 15 is 0 Å². The Morgan fingerprint density at radius 3 is 2.66 bits per heavy atom. The summed E-state index contributed by atoms with van der Waals surface area (Å²) in [5.41, 5.74) is 6.44. The van der Waals surface area contributed by atoms with Gasteiger partial charge in [0.05, 0.1) is 17.8 Å². The molecule has 0 bridgehead atoms. The Bertz CT molecular complexity index is 1180. The molecule has 166 valence electrons. The molecule has 1 aromatic carbocycles. The molecule has 3 aromatic heterocycles. The fourth-order valence-electron chi connectivity index (χ4n) is 4.00. The van der Waals surface area contributed by atoms with E-state index in [4.69, 9.17) is 9.84 Å². The molecule has 0 unspecified atom stereocenters. The minimum Gasteiger partial charge on any atom is -0.493 e. The molecule has 0 saturated carbocycles. The molecular formula is C26H31N5O. The highest BCUT2D eigenvalue weighted by Crippen LogP contribution is 2.40. The number of benzene rings is 1. The first kappa shape index (κ1) is 22.0. The van der Waals surface area contributed by atoms with Crippen molar-refractivity contribution in [2.45, 2.75) is 33.2 Å². The number of ether oxygens (including phenoxy) is 1. The van der Waals surface area contributed by atoms with Gasteiger partial charge < -0.3 is 10.1 Å². The predicted octanol–water partition coefficient (Wildman–Crippen LogP) is 4.98. The van der Waals surface area contributed by atoms with Gasteiger partial charge in [-0.3, -0.25) is 14.6 Å². The minimum absolute atomic E-state index is 0.487. The van der Waals surface area contributed by atoms with Gasteiger partial charge in [-0.15, -0.1) is 0 Å². The molecule has 32 heavy (non-hydrogen) atoms. The molecule has 0 atom stereocenters. The van der Waals surface area contributed by atoms with E-state index in [1.54, 1.807) is 0 Å². The topological polar surface area (TPSA) is 64.9 Å². The molecule has 0 saturated heterocycles. The van der Waals surface area contributed by atoms with Crippen LogP contribution in [0.2, 0.25) is 0 Å². The van der Waals surface area contributed by atoms with Crippen LogP contribution < -0.4 is 10.1 Å². The third-order valence-electron chi connectivity index (χ3n) is 5.32. The second-order valence-electron chi connectivity index (χ2n) is 8.45. The Hall–Kier alpha value is -3.25. The summed E-state index contributed by atoms with van der Waals surface area (Å²) in [6.45, 7) is 5.96. The number of fused-ring (bicyclic) bond motifs is 2. The van der Waals surface area contributed by atoms with Crippen molar-refractivity contribution < 1.29 is 4.74 Å². The molecule has 1 aliphatic heterocycles. The molecule has 4 aromatic rings. The first-order valence-corrected chi connectivity index (χ1v) is 11.2. The molecular weight excluding hydrogens is 398 g/mol. The smallest absolute Gasteiger partial charge is 0.121 e. The lowest BCUT2D eigenvalue weighted by atomic mass is 9.96. The van der Waals surface area contributed by atoms with Crippen LogP contribution in [0.3, 0.4) is 0 Å². The van der Waals surface area contributed by atoms with Crippen molar-refractivity contribution in [1.82, 2.24) is 25.1 Å². The molecule has 0 spiro atoms. The predicted molar refractivity (Wildman–Crippen MR) is 130 cm³/mol. The quantitative estimate of drug-likeness (QED) is 0.485. The van der Waals surface area contributed by atoms with Gasteiger partial charge in [0.1, 0.15) is 11.4 Å². The highest BCUT2D eigenvalue weighted by atomic mass is 16.5. The van der Waals surface area contributed by atoms with Crippen molar-refractivity contribution in [3.8, 4) is 28.3 Å². The number of nitrogens with zero attached hydrogens (tertiary/aromatic N) is 4. The van der Waals surface area contributed by atoms with Crippen LogP contribution in [-0.4, -0.2) is 40.5 Å². The lowest BCUT2D eigenvalue weighted by Gasteiger charge is -2.12. The largest absolute Gasteiger partial charge is 0.493 e. The van der Waals surface area contributed by atoms with E-state index in [0.717, 1.165) is 53.0 Å². The molecule has 5 rings (SSSR count). The summed E-state index contributed by atoms with van der Waals surface area (Å²) in [4.78, 5) is 9.18. The first-order valence-electron chi connectivity index (χ1n) is 11.2. The fraction of sp³-hybridized carbons (Fsp3) is 0.346. The SMILES string of the molecule is CC(C)COc1ccc2c(-c3c(-c4ccccn4)nn4c3CCC4)ccnc2c1.CNC. The zero-order valence-electron chi connectivity index (χ0n) is 19.3. The van der Waals surface area contributed by atoms with E-state index in [-0.39, 0.29) is 0 Å². The Labute approximate surface area is 189 Å². The van der Waals surface area contributed by atoms with Gasteiger partial charge in [-0.25, -0.2) is 0 Å². The van der Waals surface area contributed by atoms with Crippen molar-refractivity contribution >= 4 is 10.9 Å². The van der Waals surface area contributed by atoms with Crippen LogP contribution in [0.25, 0.3) is 33.4 Å². The second kappa shape index (κ2) is 9.92. The van der Waals surface area contributed by atoms with Gasteiger partial charge >= 0.3 is 0 Å². The van der Waals surface area contributed by atoms with Gasteiger partial charge in [0.25, 0.3) is 0 Å². The van der Waals surface area contributed by atoms with Crippen molar-refractivity contribution in [3.63, 3.8) is 0 Å². The number of aryl methyl sites for hydroxylation is 1. The number of aromatic nitrogens is 4. The van der Waals surface area contributed by atoms with Gasteiger partial charge in [0.2, 0.25) is 0 Å². The zero-order valence-corrected chi connectivity index (χ0v) is 19.3. The van der Waals surface area contributed by atoms with Gasteiger partial charge in [0.15, 0.2) is 0 Å². The number of nitrogens with one attached hydrogen (secondary N) is 1. The molecule has 0 aliphatic carbocycles. The van der Waals surface area contributed by atoms with E-state index in [9.17, 15) is 0 Å². The van der Waals surface area contributed by atoms with Crippen molar-refractivity contribution in [2.24, 2.45) is 5.92 Å². The molecule has 1 aliphatic rings. The van der Waals surface area contributed by atoms with Gasteiger partial charge in [-0.05, 0) is 68.8 Å². The number of rotatable bonds is 5. The maximum absolute atomic E-state index is 5.91. The molecule has 1 N–H and O–H groups in total. The Morgan fingerprint density at radius 2 is 1.91 bits per heavy atom. The first-order chi connectivity index (χ1) is 15.6. The normalized spacial score (nSPS) is 12.5. The van der Waals surface area contributed by atoms with Crippen LogP contribution in [0.4, 0.5) is 0 Å². The fourth-order valence-corrected chi connectivity index (χ4v) is 4.00. The molecule has 4 heterocycles. The van der Waals surface area contributed by atoms with Crippen molar-refractivity contribution in [1.29, 1.82) is 0 Å². The highest BCUT2D eigenvalue weighted by Gasteiger charge is 2.25. The molecule has 0 radical (unpaired) electrons. The Morgan fingerprint density at radius 1 is 1.06 bits per heavy atom. The number of hydrogen-bond acceptors (Lipinski definition) is 5. The average molecular weight is 430 g/mol. The average Bonchev–Trinajstić information content (AvgIpc) is 3.40. The van der Waals surface area contributed by atoms with E-state index in [0.29, 0.717) is 12.5 Å². The zero-order chi connectivity index (χ0) is 22.5. The third kappa shape index (κ3) is 4.50. The summed E-state index contributed by atoms with van der Waals surface area (Å²) < 4.78 is 8.05. The van der Waals surface area contributed by atoms with Crippen LogP contribution in [-0.2, 0) is 13.0 Å². The summed E-state index contributed by atoms with van der Waals surface area (Å²) in [6, 6.07) is 14.3. The monoisotopic (exact) mass is 429 g/mol. The maximum Gasteiger partial charge on any atom is 0.121 e. The van der Waals surface area contributed by atoms with Crippen LogP contribution in [0.5, 0.6) is 5.75 Å². The second-order valence-corrected chi connectivity index (χ2v) is 8.45. The van der Waals surface area contributed by atoms with Gasteiger partial charge in [-0.2, -0.15) is 5.10 Å². The van der Waals surface area contributed by atoms with Gasteiger partial charge in [0, 0.05) is 41.6 Å². The van der Waals surface area contributed by atoms with E-state index in [2.05, 4.69) is 45.9 Å². The van der Waals surface area contributed by atoms with E-state index in [1.807, 2.05) is 56.8 Å². The lowest BCUT2D eigenvalue weighted by Crippen LogP contribution is -2.04. The number of pyridine rings is 2. The molecule has 0 amide bonds. The van der Waals surface area contributed by atoms with Crippen LogP contribution in [0.1, 0.15) is 26.0 Å². The molecule has 6 heteroatoms. The minimum atomic E-state index is 0.487. The van der Waals surface area contributed by atoms with Gasteiger partial charge in [-0.1, -0.05) is 19.9 Å². The number of hydrogen-bond donors (Lipinski definition) is 1. The summed E-state index contributed by atoms with van der Waals surface area (Å²) >= 11 is 0. The summed E-state index contributed by atoms with van der Waals surface area (Å²) in [6.07, 6.45) is 5.88. The van der Waals surface area contributed by atoms with Crippen molar-refractivity contribution in [3.05, 3.63) is 60.6 Å². The lowest BCUT2D eigenvalue weighted by molar-refractivity contribution is 0.271. The molecule has 0 fully saturated rings. The van der Waals surface area contributed by atoms with E-state index in [1.165, 1.54) is 11.3 Å². The highest BCUT2D eigenvalue weighted by molar-refractivity contribution is 5.99. The summed E-state index contributed by atoms with van der Waals surface area (Å²) in [5, 5.41) is 8.78. The van der Waals surface area contributed by atoms with E-state index < -0.39 is 0 Å². The standard InChI is InChI=1S/C24H24N4O.C2H7N/c1-16(2)15-29-17-8-9-18-19(10-12-26-21(18)14-17)23-22-7-5-13-28(22)27-24(23)20-6-3-4-11-25-20;1-3-2/h3-4,6,8-12,14,16H,5,7,13,15H2,1-2H3;3H,1-2H3. The molecule has 6 nitrogen and oxygen atoms in total. The van der Waals surface area contributed by atoms with Crippen LogP contribution in [0.15, 0.2) is 54.9 Å². The Kier molecular flexibility index (Phi) is 6.81. The Balaban J connectivity index is 0.000000775. The third-order valence-corrected chi connectivity index (χ3v) is 5.32. The maximum atomic E-state index is 5.91. The van der Waals surface area contributed by atoms with Crippen LogP contribution >= 0.6 is 0 Å². The van der Waals surface area contributed by atoms with Crippen molar-refractivity contribution in [2.75, 3.05) is 20.7 Å².